The molecule has 0 radical (unpaired) electrons. The van der Waals surface area contributed by atoms with Gasteiger partial charge in [-0.05, 0) is 35.7 Å². The van der Waals surface area contributed by atoms with Crippen LogP contribution in [-0.4, -0.2) is 27.6 Å². The Hall–Kier alpha value is -3.22. The Kier molecular flexibility index (Phi) is 6.73. The minimum atomic E-state index is -0.0744. The lowest BCUT2D eigenvalue weighted by molar-refractivity contribution is -0.121. The topological polar surface area (TPSA) is 90.1 Å². The van der Waals surface area contributed by atoms with Crippen LogP contribution in [-0.2, 0) is 17.8 Å². The highest BCUT2D eigenvalue weighted by Gasteiger charge is 2.11. The summed E-state index contributed by atoms with van der Waals surface area (Å²) in [5.41, 5.74) is 1.77. The molecule has 0 bridgehead atoms. The number of carbonyl (C=O) groups excluding carboxylic acids is 1. The Labute approximate surface area is 164 Å². The molecule has 1 N–H and O–H groups in total. The second-order valence-electron chi connectivity index (χ2n) is 6.88. The maximum Gasteiger partial charge on any atom is 0.227 e. The van der Waals surface area contributed by atoms with Crippen molar-refractivity contribution in [1.29, 1.82) is 0 Å². The number of nitrogens with zero attached hydrogens (tertiary/aromatic N) is 3. The predicted octanol–water partition coefficient (Wildman–Crippen LogP) is 3.42. The highest BCUT2D eigenvalue weighted by molar-refractivity contribution is 5.76. The molecule has 146 valence electrons. The van der Waals surface area contributed by atoms with Crippen molar-refractivity contribution in [1.82, 2.24) is 20.4 Å². The zero-order chi connectivity index (χ0) is 19.8. The average molecular weight is 380 g/mol. The predicted molar refractivity (Wildman–Crippen MR) is 104 cm³/mol. The molecule has 0 aliphatic carbocycles. The van der Waals surface area contributed by atoms with Crippen molar-refractivity contribution in [3.05, 3.63) is 60.2 Å². The van der Waals surface area contributed by atoms with Crippen LogP contribution in [0.2, 0.25) is 0 Å². The highest BCUT2D eigenvalue weighted by atomic mass is 16.5. The molecular weight excluding hydrogens is 356 g/mol. The third-order valence-corrected chi connectivity index (χ3v) is 3.93. The number of rotatable bonds is 9. The maximum atomic E-state index is 12.1. The first-order valence-corrected chi connectivity index (χ1v) is 9.31. The second-order valence-corrected chi connectivity index (χ2v) is 6.88. The monoisotopic (exact) mass is 380 g/mol. The van der Waals surface area contributed by atoms with Crippen molar-refractivity contribution in [2.75, 3.05) is 6.61 Å². The fourth-order valence-electron chi connectivity index (χ4n) is 2.49. The first-order valence-electron chi connectivity index (χ1n) is 9.31. The van der Waals surface area contributed by atoms with E-state index in [1.807, 2.05) is 36.4 Å². The summed E-state index contributed by atoms with van der Waals surface area (Å²) < 4.78 is 10.9. The van der Waals surface area contributed by atoms with Crippen LogP contribution < -0.4 is 10.1 Å². The molecule has 1 amide bonds. The van der Waals surface area contributed by atoms with Crippen LogP contribution in [0.3, 0.4) is 0 Å². The van der Waals surface area contributed by atoms with E-state index in [0.717, 1.165) is 16.9 Å². The van der Waals surface area contributed by atoms with Crippen LogP contribution in [0.25, 0.3) is 11.4 Å². The van der Waals surface area contributed by atoms with E-state index >= 15 is 0 Å². The second kappa shape index (κ2) is 9.64. The highest BCUT2D eigenvalue weighted by Crippen LogP contribution is 2.15. The Morgan fingerprint density at radius 2 is 2.14 bits per heavy atom. The first kappa shape index (κ1) is 19.5. The van der Waals surface area contributed by atoms with Gasteiger partial charge >= 0.3 is 0 Å². The normalized spacial score (nSPS) is 10.8. The summed E-state index contributed by atoms with van der Waals surface area (Å²) in [5.74, 6) is 2.11. The van der Waals surface area contributed by atoms with Gasteiger partial charge in [-0.2, -0.15) is 4.98 Å². The van der Waals surface area contributed by atoms with Crippen molar-refractivity contribution in [3.63, 3.8) is 0 Å². The molecular formula is C21H24N4O3. The number of nitrogens with one attached hydrogen (secondary N) is 1. The van der Waals surface area contributed by atoms with Gasteiger partial charge in [0, 0.05) is 37.3 Å². The van der Waals surface area contributed by atoms with Gasteiger partial charge in [0.25, 0.3) is 0 Å². The third kappa shape index (κ3) is 5.90. The van der Waals surface area contributed by atoms with E-state index in [4.69, 9.17) is 9.26 Å². The summed E-state index contributed by atoms with van der Waals surface area (Å²) in [6.07, 6.45) is 4.01. The van der Waals surface area contributed by atoms with E-state index in [9.17, 15) is 4.79 Å². The van der Waals surface area contributed by atoms with Crippen LogP contribution in [0.1, 0.15) is 31.7 Å². The van der Waals surface area contributed by atoms with E-state index in [2.05, 4.69) is 34.3 Å². The maximum absolute atomic E-state index is 12.1. The average Bonchev–Trinajstić information content (AvgIpc) is 3.19. The van der Waals surface area contributed by atoms with E-state index in [1.165, 1.54) is 0 Å². The van der Waals surface area contributed by atoms with E-state index in [-0.39, 0.29) is 12.3 Å². The van der Waals surface area contributed by atoms with Crippen molar-refractivity contribution in [2.45, 2.75) is 33.2 Å². The molecule has 0 atom stereocenters. The fraction of sp³-hybridized carbons (Fsp3) is 0.333. The number of ether oxygens (including phenoxy) is 1. The largest absolute Gasteiger partial charge is 0.493 e. The molecule has 0 spiro atoms. The Bertz CT molecular complexity index is 893. The van der Waals surface area contributed by atoms with Crippen molar-refractivity contribution < 1.29 is 14.1 Å². The Morgan fingerprint density at radius 3 is 2.93 bits per heavy atom. The Balaban J connectivity index is 1.45. The van der Waals surface area contributed by atoms with E-state index in [1.54, 1.807) is 12.4 Å². The van der Waals surface area contributed by atoms with Gasteiger partial charge in [0.1, 0.15) is 5.75 Å². The van der Waals surface area contributed by atoms with Gasteiger partial charge in [-0.3, -0.25) is 9.78 Å². The summed E-state index contributed by atoms with van der Waals surface area (Å²) in [5, 5.41) is 6.83. The number of pyridine rings is 1. The molecule has 0 unspecified atom stereocenters. The van der Waals surface area contributed by atoms with Crippen LogP contribution in [0.15, 0.2) is 53.3 Å². The quantitative estimate of drug-likeness (QED) is 0.612. The van der Waals surface area contributed by atoms with Gasteiger partial charge in [0.2, 0.25) is 17.6 Å². The molecule has 0 fully saturated rings. The van der Waals surface area contributed by atoms with Gasteiger partial charge in [-0.15, -0.1) is 0 Å². The molecule has 3 rings (SSSR count). The van der Waals surface area contributed by atoms with E-state index in [0.29, 0.717) is 37.2 Å². The summed E-state index contributed by atoms with van der Waals surface area (Å²) >= 11 is 0. The molecule has 0 saturated carbocycles. The number of hydrogen-bond donors (Lipinski definition) is 1. The Morgan fingerprint density at radius 1 is 1.25 bits per heavy atom. The molecule has 2 aromatic heterocycles. The van der Waals surface area contributed by atoms with Gasteiger partial charge in [-0.25, -0.2) is 0 Å². The fourth-order valence-corrected chi connectivity index (χ4v) is 2.49. The number of aryl methyl sites for hydroxylation is 1. The molecule has 1 aromatic carbocycles. The summed E-state index contributed by atoms with van der Waals surface area (Å²) in [7, 11) is 0. The number of carbonyl (C=O) groups is 1. The van der Waals surface area contributed by atoms with Gasteiger partial charge in [0.05, 0.1) is 6.61 Å². The standard InChI is InChI=1S/C21H24N4O3/c1-15(2)14-27-18-7-3-5-16(11-18)12-23-19(26)8-9-20-24-21(25-28-20)17-6-4-10-22-13-17/h3-7,10-11,13,15H,8-9,12,14H2,1-2H3,(H,23,26). The summed E-state index contributed by atoms with van der Waals surface area (Å²) in [4.78, 5) is 20.5. The van der Waals surface area contributed by atoms with Crippen LogP contribution in [0.5, 0.6) is 5.75 Å². The van der Waals surface area contributed by atoms with Gasteiger partial charge in [-0.1, -0.05) is 31.1 Å². The molecule has 0 aliphatic rings. The minimum absolute atomic E-state index is 0.0744. The van der Waals surface area contributed by atoms with E-state index < -0.39 is 0 Å². The lowest BCUT2D eigenvalue weighted by Gasteiger charge is -2.10. The van der Waals surface area contributed by atoms with Crippen LogP contribution in [0, 0.1) is 5.92 Å². The molecule has 28 heavy (non-hydrogen) atoms. The number of benzene rings is 1. The lowest BCUT2D eigenvalue weighted by Crippen LogP contribution is -2.23. The van der Waals surface area contributed by atoms with Crippen molar-refractivity contribution >= 4 is 5.91 Å². The minimum Gasteiger partial charge on any atom is -0.493 e. The zero-order valence-corrected chi connectivity index (χ0v) is 16.1. The molecule has 2 heterocycles. The number of amides is 1. The number of hydrogen-bond acceptors (Lipinski definition) is 6. The lowest BCUT2D eigenvalue weighted by atomic mass is 10.2. The van der Waals surface area contributed by atoms with Crippen LogP contribution in [0.4, 0.5) is 0 Å². The summed E-state index contributed by atoms with van der Waals surface area (Å²) in [6.45, 7) is 5.32. The first-order chi connectivity index (χ1) is 13.6. The smallest absolute Gasteiger partial charge is 0.227 e. The molecule has 0 aliphatic heterocycles. The third-order valence-electron chi connectivity index (χ3n) is 3.93. The van der Waals surface area contributed by atoms with Crippen molar-refractivity contribution in [3.8, 4) is 17.1 Å². The summed E-state index contributed by atoms with van der Waals surface area (Å²) in [6, 6.07) is 11.4. The van der Waals surface area contributed by atoms with Crippen molar-refractivity contribution in [2.24, 2.45) is 5.92 Å². The van der Waals surface area contributed by atoms with Crippen LogP contribution >= 0.6 is 0 Å². The molecule has 7 nitrogen and oxygen atoms in total. The zero-order valence-electron chi connectivity index (χ0n) is 16.1. The van der Waals surface area contributed by atoms with Gasteiger partial charge < -0.3 is 14.6 Å². The van der Waals surface area contributed by atoms with Gasteiger partial charge in [0.15, 0.2) is 0 Å². The number of aromatic nitrogens is 3. The SMILES string of the molecule is CC(C)COc1cccc(CNC(=O)CCc2nc(-c3cccnc3)no2)c1. The molecule has 3 aromatic rings. The molecule has 0 saturated heterocycles. The molecule has 7 heteroatoms.